The second-order valence-corrected chi connectivity index (χ2v) is 8.07. The van der Waals surface area contributed by atoms with Crippen molar-refractivity contribution in [2.75, 3.05) is 19.8 Å². The Morgan fingerprint density at radius 1 is 1.15 bits per heavy atom. The fourth-order valence-electron chi connectivity index (χ4n) is 4.64. The number of aryl methyl sites for hydroxylation is 2. The molecule has 0 atom stereocenters. The molecule has 1 aliphatic carbocycles. The van der Waals surface area contributed by atoms with Crippen molar-refractivity contribution >= 4 is 5.91 Å². The third-order valence-electron chi connectivity index (χ3n) is 6.13. The highest BCUT2D eigenvalue weighted by molar-refractivity contribution is 5.76. The number of amides is 1. The molecule has 1 saturated carbocycles. The number of fused-ring (bicyclic) bond motifs is 1. The lowest BCUT2D eigenvalue weighted by Gasteiger charge is -2.33. The second-order valence-electron chi connectivity index (χ2n) is 8.07. The molecule has 0 radical (unpaired) electrons. The van der Waals surface area contributed by atoms with Crippen LogP contribution in [0.25, 0.3) is 0 Å². The Balaban J connectivity index is 1.31. The number of nitrogens with zero attached hydrogens (tertiary/aromatic N) is 3. The number of carbonyl (C=O) groups excluding carboxylic acids is 1. The van der Waals surface area contributed by atoms with Gasteiger partial charge in [0.05, 0.1) is 11.4 Å². The molecule has 2 fully saturated rings. The summed E-state index contributed by atoms with van der Waals surface area (Å²) in [5, 5.41) is 7.96. The predicted octanol–water partition coefficient (Wildman–Crippen LogP) is 2.26. The van der Waals surface area contributed by atoms with E-state index in [0.29, 0.717) is 18.5 Å². The molecule has 0 aromatic carbocycles. The van der Waals surface area contributed by atoms with Crippen molar-refractivity contribution < 1.29 is 9.53 Å². The Hall–Kier alpha value is -1.40. The first-order valence-electron chi connectivity index (χ1n) is 10.4. The van der Waals surface area contributed by atoms with Gasteiger partial charge < -0.3 is 10.1 Å². The molecule has 1 aromatic heterocycles. The van der Waals surface area contributed by atoms with E-state index in [1.165, 1.54) is 18.5 Å². The molecular formula is C20H32N4O2. The van der Waals surface area contributed by atoms with Gasteiger partial charge in [0.1, 0.15) is 0 Å². The summed E-state index contributed by atoms with van der Waals surface area (Å²) < 4.78 is 7.69. The molecule has 1 N–H and O–H groups in total. The predicted molar refractivity (Wildman–Crippen MR) is 99.8 cm³/mol. The number of hydrogen-bond acceptors (Lipinski definition) is 4. The maximum Gasteiger partial charge on any atom is 0.220 e. The van der Waals surface area contributed by atoms with Gasteiger partial charge in [-0.3, -0.25) is 14.4 Å². The number of rotatable bonds is 5. The van der Waals surface area contributed by atoms with Gasteiger partial charge in [0.25, 0.3) is 0 Å². The fraction of sp³-hybridized carbons (Fsp3) is 0.800. The number of carbonyl (C=O) groups is 1. The first-order chi connectivity index (χ1) is 12.8. The fourth-order valence-corrected chi connectivity index (χ4v) is 4.64. The number of aromatic nitrogens is 2. The van der Waals surface area contributed by atoms with Crippen LogP contribution in [0.5, 0.6) is 0 Å². The van der Waals surface area contributed by atoms with Gasteiger partial charge in [0, 0.05) is 57.8 Å². The molecule has 0 bridgehead atoms. The Morgan fingerprint density at radius 2 is 1.96 bits per heavy atom. The van der Waals surface area contributed by atoms with Crippen molar-refractivity contribution in [2.24, 2.45) is 0 Å². The molecule has 6 heteroatoms. The van der Waals surface area contributed by atoms with Crippen molar-refractivity contribution in [1.82, 2.24) is 20.0 Å². The zero-order chi connectivity index (χ0) is 17.8. The second kappa shape index (κ2) is 8.53. The van der Waals surface area contributed by atoms with E-state index in [-0.39, 0.29) is 5.91 Å². The molecule has 4 rings (SSSR count). The van der Waals surface area contributed by atoms with Gasteiger partial charge in [-0.15, -0.1) is 0 Å². The van der Waals surface area contributed by atoms with Gasteiger partial charge in [-0.2, -0.15) is 5.10 Å². The van der Waals surface area contributed by atoms with Crippen LogP contribution in [0.1, 0.15) is 62.8 Å². The summed E-state index contributed by atoms with van der Waals surface area (Å²) in [4.78, 5) is 14.8. The topological polar surface area (TPSA) is 59.4 Å². The Labute approximate surface area is 156 Å². The molecule has 144 valence electrons. The molecule has 0 unspecified atom stereocenters. The molecule has 2 aliphatic heterocycles. The number of nitrogens with one attached hydrogen (secondary N) is 1. The lowest BCUT2D eigenvalue weighted by Crippen LogP contribution is -2.39. The van der Waals surface area contributed by atoms with Crippen LogP contribution in [-0.2, 0) is 29.0 Å². The van der Waals surface area contributed by atoms with Gasteiger partial charge in [0.2, 0.25) is 5.91 Å². The first-order valence-corrected chi connectivity index (χ1v) is 10.4. The van der Waals surface area contributed by atoms with Gasteiger partial charge in [-0.1, -0.05) is 12.8 Å². The average molecular weight is 361 g/mol. The smallest absolute Gasteiger partial charge is 0.220 e. The van der Waals surface area contributed by atoms with Crippen LogP contribution < -0.4 is 5.32 Å². The van der Waals surface area contributed by atoms with Crippen LogP contribution in [0.2, 0.25) is 0 Å². The quantitative estimate of drug-likeness (QED) is 0.875. The van der Waals surface area contributed by atoms with Gasteiger partial charge in [-0.05, 0) is 38.2 Å². The maximum absolute atomic E-state index is 12.2. The average Bonchev–Trinajstić information content (AvgIpc) is 3.26. The minimum atomic E-state index is 0.184. The molecule has 1 aromatic rings. The number of hydrogen-bond donors (Lipinski definition) is 1. The van der Waals surface area contributed by atoms with E-state index in [1.807, 2.05) is 0 Å². The van der Waals surface area contributed by atoms with Gasteiger partial charge in [0.15, 0.2) is 0 Å². The van der Waals surface area contributed by atoms with E-state index < -0.39 is 0 Å². The van der Waals surface area contributed by atoms with E-state index in [9.17, 15) is 4.79 Å². The summed E-state index contributed by atoms with van der Waals surface area (Å²) in [5.74, 6) is 0.184. The minimum absolute atomic E-state index is 0.184. The molecular weight excluding hydrogens is 328 g/mol. The molecule has 26 heavy (non-hydrogen) atoms. The van der Waals surface area contributed by atoms with Crippen LogP contribution in [-0.4, -0.2) is 52.4 Å². The molecule has 3 aliphatic rings. The van der Waals surface area contributed by atoms with Gasteiger partial charge >= 0.3 is 0 Å². The summed E-state index contributed by atoms with van der Waals surface area (Å²) in [6.07, 6.45) is 9.52. The van der Waals surface area contributed by atoms with Crippen molar-refractivity contribution in [3.05, 3.63) is 17.5 Å². The summed E-state index contributed by atoms with van der Waals surface area (Å²) in [5.41, 5.74) is 2.37. The van der Waals surface area contributed by atoms with Crippen LogP contribution in [0, 0.1) is 0 Å². The SMILES string of the molecule is O=C(CCc1cc2n(n1)CCCN(C1CCOCC1)C2)NC1CCCC1. The molecule has 1 saturated heterocycles. The zero-order valence-electron chi connectivity index (χ0n) is 15.8. The van der Waals surface area contributed by atoms with Crippen LogP contribution >= 0.6 is 0 Å². The third kappa shape index (κ3) is 4.46. The summed E-state index contributed by atoms with van der Waals surface area (Å²) in [7, 11) is 0. The van der Waals surface area contributed by atoms with Crippen molar-refractivity contribution in [3.8, 4) is 0 Å². The summed E-state index contributed by atoms with van der Waals surface area (Å²) in [6.45, 7) is 4.89. The van der Waals surface area contributed by atoms with Crippen LogP contribution in [0.15, 0.2) is 6.07 Å². The number of ether oxygens (including phenoxy) is 1. The standard InChI is InChI=1S/C20H32N4O2/c25-20(21-16-4-1-2-5-16)7-6-17-14-19-15-23(10-3-11-24(19)22-17)18-8-12-26-13-9-18/h14,16,18H,1-13,15H2,(H,21,25). The minimum Gasteiger partial charge on any atom is -0.381 e. The molecule has 6 nitrogen and oxygen atoms in total. The van der Waals surface area contributed by atoms with E-state index in [2.05, 4.69) is 21.0 Å². The van der Waals surface area contributed by atoms with Crippen LogP contribution in [0.3, 0.4) is 0 Å². The molecule has 1 amide bonds. The lowest BCUT2D eigenvalue weighted by molar-refractivity contribution is -0.121. The van der Waals surface area contributed by atoms with Crippen LogP contribution in [0.4, 0.5) is 0 Å². The van der Waals surface area contributed by atoms with Crippen molar-refractivity contribution in [2.45, 2.75) is 83.0 Å². The summed E-state index contributed by atoms with van der Waals surface area (Å²) >= 11 is 0. The Morgan fingerprint density at radius 3 is 2.77 bits per heavy atom. The summed E-state index contributed by atoms with van der Waals surface area (Å²) in [6, 6.07) is 3.28. The third-order valence-corrected chi connectivity index (χ3v) is 6.13. The monoisotopic (exact) mass is 360 g/mol. The Bertz CT molecular complexity index is 603. The van der Waals surface area contributed by atoms with Crippen molar-refractivity contribution in [1.29, 1.82) is 0 Å². The van der Waals surface area contributed by atoms with Gasteiger partial charge in [-0.25, -0.2) is 0 Å². The molecule has 0 spiro atoms. The highest BCUT2D eigenvalue weighted by atomic mass is 16.5. The van der Waals surface area contributed by atoms with Crippen molar-refractivity contribution in [3.63, 3.8) is 0 Å². The largest absolute Gasteiger partial charge is 0.381 e. The van der Waals surface area contributed by atoms with E-state index in [1.54, 1.807) is 0 Å². The maximum atomic E-state index is 12.2. The first kappa shape index (κ1) is 18.0. The molecule has 3 heterocycles. The lowest BCUT2D eigenvalue weighted by atomic mass is 10.1. The highest BCUT2D eigenvalue weighted by Gasteiger charge is 2.25. The Kier molecular flexibility index (Phi) is 5.90. The van der Waals surface area contributed by atoms with E-state index in [4.69, 9.17) is 9.84 Å². The van der Waals surface area contributed by atoms with E-state index >= 15 is 0 Å². The van der Waals surface area contributed by atoms with E-state index in [0.717, 1.165) is 77.1 Å². The zero-order valence-corrected chi connectivity index (χ0v) is 15.8. The highest BCUT2D eigenvalue weighted by Crippen LogP contribution is 2.22. The normalized spacial score (nSPS) is 22.9.